The van der Waals surface area contributed by atoms with Crippen molar-refractivity contribution in [3.63, 3.8) is 0 Å². The van der Waals surface area contributed by atoms with Gasteiger partial charge in [-0.25, -0.2) is 13.1 Å². The van der Waals surface area contributed by atoms with Gasteiger partial charge in [-0.05, 0) is 25.8 Å². The topological polar surface area (TPSA) is 118 Å². The molecule has 0 unspecified atom stereocenters. The maximum atomic E-state index is 12.3. The lowest BCUT2D eigenvalue weighted by molar-refractivity contribution is -0.385. The van der Waals surface area contributed by atoms with Crippen molar-refractivity contribution in [1.29, 1.82) is 0 Å². The van der Waals surface area contributed by atoms with Crippen LogP contribution in [-0.2, 0) is 14.8 Å². The molecule has 8 nitrogen and oxygen atoms in total. The second-order valence-corrected chi connectivity index (χ2v) is 7.34. The summed E-state index contributed by atoms with van der Waals surface area (Å²) in [5.74, 6) is -0.159. The number of nitro benzene ring substituents is 1. The molecule has 9 heteroatoms. The van der Waals surface area contributed by atoms with E-state index in [0.29, 0.717) is 19.4 Å². The minimum atomic E-state index is -3.91. The van der Waals surface area contributed by atoms with E-state index in [4.69, 9.17) is 0 Å². The van der Waals surface area contributed by atoms with Crippen molar-refractivity contribution >= 4 is 21.6 Å². The third kappa shape index (κ3) is 3.67. The van der Waals surface area contributed by atoms with Gasteiger partial charge in [0.15, 0.2) is 0 Å². The zero-order valence-corrected chi connectivity index (χ0v) is 13.6. The van der Waals surface area contributed by atoms with Crippen molar-refractivity contribution in [3.8, 4) is 0 Å². The first-order valence-electron chi connectivity index (χ1n) is 7.33. The van der Waals surface area contributed by atoms with Gasteiger partial charge in [0.2, 0.25) is 15.9 Å². The fourth-order valence-corrected chi connectivity index (χ4v) is 3.68. The van der Waals surface area contributed by atoms with E-state index in [1.54, 1.807) is 6.92 Å². The first-order valence-corrected chi connectivity index (χ1v) is 8.81. The van der Waals surface area contributed by atoms with Crippen molar-refractivity contribution in [1.82, 2.24) is 10.0 Å². The summed E-state index contributed by atoms with van der Waals surface area (Å²) in [6.45, 7) is 2.28. The molecule has 1 aromatic rings. The van der Waals surface area contributed by atoms with Crippen LogP contribution in [0.25, 0.3) is 0 Å². The molecule has 0 saturated heterocycles. The van der Waals surface area contributed by atoms with Crippen molar-refractivity contribution in [2.45, 2.75) is 31.1 Å². The number of nitrogens with one attached hydrogen (secondary N) is 2. The number of carbonyl (C=O) groups is 1. The molecule has 0 spiro atoms. The number of hydrogen-bond donors (Lipinski definition) is 2. The lowest BCUT2D eigenvalue weighted by Gasteiger charge is -2.40. The number of hydrogen-bond acceptors (Lipinski definition) is 5. The van der Waals surface area contributed by atoms with E-state index >= 15 is 0 Å². The molecule has 1 fully saturated rings. The summed E-state index contributed by atoms with van der Waals surface area (Å²) in [6, 6.07) is 4.83. The molecular formula is C14H19N3O5S. The minimum absolute atomic E-state index is 0.0101. The van der Waals surface area contributed by atoms with Crippen LogP contribution in [0.4, 0.5) is 5.69 Å². The van der Waals surface area contributed by atoms with E-state index in [9.17, 15) is 23.3 Å². The predicted octanol–water partition coefficient (Wildman–Crippen LogP) is 1.18. The lowest BCUT2D eigenvalue weighted by Crippen LogP contribution is -2.52. The van der Waals surface area contributed by atoms with E-state index in [1.165, 1.54) is 18.2 Å². The van der Waals surface area contributed by atoms with Gasteiger partial charge in [-0.1, -0.05) is 12.5 Å². The van der Waals surface area contributed by atoms with Gasteiger partial charge in [-0.2, -0.15) is 0 Å². The zero-order chi connectivity index (χ0) is 17.1. The number of nitro groups is 1. The molecule has 1 amide bonds. The van der Waals surface area contributed by atoms with Gasteiger partial charge in [0, 0.05) is 25.2 Å². The van der Waals surface area contributed by atoms with E-state index in [2.05, 4.69) is 10.0 Å². The Bertz CT molecular complexity index is 713. The Morgan fingerprint density at radius 3 is 2.61 bits per heavy atom. The summed E-state index contributed by atoms with van der Waals surface area (Å²) in [5, 5.41) is 13.5. The Morgan fingerprint density at radius 1 is 1.39 bits per heavy atom. The second kappa shape index (κ2) is 6.63. The fraction of sp³-hybridized carbons (Fsp3) is 0.500. The molecule has 0 atom stereocenters. The molecule has 0 aliphatic heterocycles. The zero-order valence-electron chi connectivity index (χ0n) is 12.7. The summed E-state index contributed by atoms with van der Waals surface area (Å²) >= 11 is 0. The molecule has 1 aliphatic carbocycles. The molecule has 1 aromatic carbocycles. The number of rotatable bonds is 7. The number of nitrogens with zero attached hydrogens (tertiary/aromatic N) is 1. The van der Waals surface area contributed by atoms with E-state index in [0.717, 1.165) is 12.5 Å². The summed E-state index contributed by atoms with van der Waals surface area (Å²) in [5.41, 5.74) is -1.01. The van der Waals surface area contributed by atoms with Gasteiger partial charge >= 0.3 is 0 Å². The number of carbonyl (C=O) groups excluding carboxylic acids is 1. The molecule has 1 saturated carbocycles. The Morgan fingerprint density at radius 2 is 2.09 bits per heavy atom. The highest BCUT2D eigenvalue weighted by Gasteiger charge is 2.44. The molecule has 23 heavy (non-hydrogen) atoms. The van der Waals surface area contributed by atoms with Crippen LogP contribution in [0.5, 0.6) is 0 Å². The quantitative estimate of drug-likeness (QED) is 0.570. The van der Waals surface area contributed by atoms with E-state index < -0.39 is 20.4 Å². The summed E-state index contributed by atoms with van der Waals surface area (Å²) < 4.78 is 27.0. The van der Waals surface area contributed by atoms with Crippen LogP contribution >= 0.6 is 0 Å². The van der Waals surface area contributed by atoms with Gasteiger partial charge in [-0.3, -0.25) is 14.9 Å². The molecule has 2 rings (SSSR count). The van der Waals surface area contributed by atoms with Gasteiger partial charge < -0.3 is 5.32 Å². The highest BCUT2D eigenvalue weighted by atomic mass is 32.2. The average molecular weight is 341 g/mol. The number of amides is 1. The van der Waals surface area contributed by atoms with Crippen LogP contribution in [0.2, 0.25) is 0 Å². The van der Waals surface area contributed by atoms with Crippen LogP contribution in [0.3, 0.4) is 0 Å². The normalized spacial score (nSPS) is 16.4. The SMILES string of the molecule is CCNC(=O)C1(CNS(=O)(=O)c2cccc([N+](=O)[O-])c2)CCC1. The van der Waals surface area contributed by atoms with Crippen molar-refractivity contribution in [3.05, 3.63) is 34.4 Å². The number of non-ortho nitro benzene ring substituents is 1. The molecular weight excluding hydrogens is 322 g/mol. The largest absolute Gasteiger partial charge is 0.356 e. The maximum Gasteiger partial charge on any atom is 0.270 e. The number of sulfonamides is 1. The first-order chi connectivity index (χ1) is 10.8. The van der Waals surface area contributed by atoms with Crippen molar-refractivity contribution < 1.29 is 18.1 Å². The highest BCUT2D eigenvalue weighted by molar-refractivity contribution is 7.89. The van der Waals surface area contributed by atoms with Gasteiger partial charge in [-0.15, -0.1) is 0 Å². The lowest BCUT2D eigenvalue weighted by atomic mass is 9.68. The van der Waals surface area contributed by atoms with Crippen molar-refractivity contribution in [2.75, 3.05) is 13.1 Å². The number of benzene rings is 1. The van der Waals surface area contributed by atoms with Crippen LogP contribution in [0.1, 0.15) is 26.2 Å². The fourth-order valence-electron chi connectivity index (χ4n) is 2.52. The Kier molecular flexibility index (Phi) is 5.00. The second-order valence-electron chi connectivity index (χ2n) is 5.57. The molecule has 0 bridgehead atoms. The van der Waals surface area contributed by atoms with Crippen molar-refractivity contribution in [2.24, 2.45) is 5.41 Å². The van der Waals surface area contributed by atoms with Gasteiger partial charge in [0.05, 0.1) is 15.2 Å². The van der Waals surface area contributed by atoms with Crippen LogP contribution in [0, 0.1) is 15.5 Å². The Labute approximate surface area is 134 Å². The van der Waals surface area contributed by atoms with E-state index in [1.807, 2.05) is 0 Å². The van der Waals surface area contributed by atoms with E-state index in [-0.39, 0.29) is 23.0 Å². The molecule has 126 valence electrons. The molecule has 0 aromatic heterocycles. The molecule has 0 radical (unpaired) electrons. The Balaban J connectivity index is 2.14. The average Bonchev–Trinajstić information content (AvgIpc) is 2.46. The van der Waals surface area contributed by atoms with Gasteiger partial charge in [0.1, 0.15) is 0 Å². The third-order valence-corrected chi connectivity index (χ3v) is 5.47. The highest BCUT2D eigenvalue weighted by Crippen LogP contribution is 2.40. The minimum Gasteiger partial charge on any atom is -0.356 e. The monoisotopic (exact) mass is 341 g/mol. The maximum absolute atomic E-state index is 12.3. The van der Waals surface area contributed by atoms with Crippen LogP contribution in [0.15, 0.2) is 29.2 Å². The van der Waals surface area contributed by atoms with Crippen LogP contribution in [-0.4, -0.2) is 32.3 Å². The molecule has 1 aliphatic rings. The van der Waals surface area contributed by atoms with Gasteiger partial charge in [0.25, 0.3) is 5.69 Å². The smallest absolute Gasteiger partial charge is 0.270 e. The summed E-state index contributed by atoms with van der Waals surface area (Å²) in [7, 11) is -3.91. The first kappa shape index (κ1) is 17.4. The molecule has 2 N–H and O–H groups in total. The molecule has 0 heterocycles. The van der Waals surface area contributed by atoms with Crippen LogP contribution < -0.4 is 10.0 Å². The summed E-state index contributed by atoms with van der Waals surface area (Å²) in [4.78, 5) is 22.0. The Hall–Kier alpha value is -2.00. The third-order valence-electron chi connectivity index (χ3n) is 4.07. The predicted molar refractivity (Wildman–Crippen MR) is 83.3 cm³/mol. The summed E-state index contributed by atoms with van der Waals surface area (Å²) in [6.07, 6.45) is 2.11. The standard InChI is InChI=1S/C14H19N3O5S/c1-2-15-13(18)14(7-4-8-14)10-16-23(21,22)12-6-3-5-11(9-12)17(19)20/h3,5-6,9,16H,2,4,7-8,10H2,1H3,(H,15,18).